The lowest BCUT2D eigenvalue weighted by atomic mass is 10.1. The summed E-state index contributed by atoms with van der Waals surface area (Å²) in [4.78, 5) is -0.173. The molecule has 3 nitrogen and oxygen atoms in total. The molecule has 80 valence electrons. The molecule has 14 heavy (non-hydrogen) atoms. The summed E-state index contributed by atoms with van der Waals surface area (Å²) in [6.45, 7) is 7.26. The van der Waals surface area contributed by atoms with Crippen molar-refractivity contribution in [2.24, 2.45) is 0 Å². The summed E-state index contributed by atoms with van der Waals surface area (Å²) in [7, 11) is -4.13. The second kappa shape index (κ2) is 5.78. The van der Waals surface area contributed by atoms with Gasteiger partial charge in [-0.2, -0.15) is 8.42 Å². The third-order valence-corrected chi connectivity index (χ3v) is 2.57. The molecule has 0 rings (SSSR count). The molecule has 0 saturated carbocycles. The van der Waals surface area contributed by atoms with Crippen LogP contribution in [0.2, 0.25) is 0 Å². The van der Waals surface area contributed by atoms with Crippen LogP contribution in [0.5, 0.6) is 0 Å². The predicted molar refractivity (Wildman–Crippen MR) is 58.5 cm³/mol. The van der Waals surface area contributed by atoms with E-state index in [-0.39, 0.29) is 4.91 Å². The van der Waals surface area contributed by atoms with Gasteiger partial charge in [-0.1, -0.05) is 31.6 Å². The molecule has 0 radical (unpaired) electrons. The average Bonchev–Trinajstić information content (AvgIpc) is 2.03. The summed E-state index contributed by atoms with van der Waals surface area (Å²) >= 11 is 0. The van der Waals surface area contributed by atoms with Gasteiger partial charge in [0, 0.05) is 0 Å². The van der Waals surface area contributed by atoms with Crippen LogP contribution in [0.25, 0.3) is 0 Å². The minimum absolute atomic E-state index is 0.173. The van der Waals surface area contributed by atoms with Crippen molar-refractivity contribution in [2.75, 3.05) is 0 Å². The van der Waals surface area contributed by atoms with E-state index in [0.29, 0.717) is 0 Å². The Labute approximate surface area is 85.6 Å². The van der Waals surface area contributed by atoms with Gasteiger partial charge in [0.1, 0.15) is 0 Å². The molecule has 0 spiro atoms. The molecule has 0 amide bonds. The number of rotatable bonds is 5. The quantitative estimate of drug-likeness (QED) is 0.568. The third-order valence-electron chi connectivity index (χ3n) is 1.68. The van der Waals surface area contributed by atoms with Gasteiger partial charge < -0.3 is 0 Å². The maximum Gasteiger partial charge on any atom is 0.294 e. The Morgan fingerprint density at radius 3 is 2.36 bits per heavy atom. The summed E-state index contributed by atoms with van der Waals surface area (Å²) in [5.74, 6) is 0. The monoisotopic (exact) mass is 216 g/mol. The molecule has 0 aromatic carbocycles. The zero-order valence-corrected chi connectivity index (χ0v) is 9.34. The van der Waals surface area contributed by atoms with E-state index in [9.17, 15) is 8.42 Å². The Kier molecular flexibility index (Phi) is 5.42. The molecule has 0 heterocycles. The van der Waals surface area contributed by atoms with E-state index in [1.54, 1.807) is 6.08 Å². The van der Waals surface area contributed by atoms with Crippen LogP contribution in [0.1, 0.15) is 26.7 Å². The van der Waals surface area contributed by atoms with Gasteiger partial charge in [0.2, 0.25) is 0 Å². The van der Waals surface area contributed by atoms with Gasteiger partial charge in [-0.25, -0.2) is 0 Å². The topological polar surface area (TPSA) is 54.4 Å². The summed E-state index contributed by atoms with van der Waals surface area (Å²) in [5.41, 5.74) is 1.07. The smallest absolute Gasteiger partial charge is 0.282 e. The Morgan fingerprint density at radius 1 is 1.43 bits per heavy atom. The second-order valence-electron chi connectivity index (χ2n) is 3.01. The van der Waals surface area contributed by atoms with Crippen LogP contribution in [0.4, 0.5) is 0 Å². The summed E-state index contributed by atoms with van der Waals surface area (Å²) in [6.07, 6.45) is 6.06. The first-order valence-corrected chi connectivity index (χ1v) is 5.83. The zero-order chi connectivity index (χ0) is 11.2. The minimum atomic E-state index is -4.13. The van der Waals surface area contributed by atoms with E-state index in [0.717, 1.165) is 24.5 Å². The molecule has 0 fully saturated rings. The highest BCUT2D eigenvalue weighted by atomic mass is 32.2. The normalized spacial score (nSPS) is 14.2. The Hall–Kier alpha value is -0.870. The van der Waals surface area contributed by atoms with Crippen LogP contribution in [-0.4, -0.2) is 13.0 Å². The molecule has 0 aliphatic rings. The molecule has 1 N–H and O–H groups in total. The number of hydrogen-bond acceptors (Lipinski definition) is 2. The van der Waals surface area contributed by atoms with E-state index in [1.807, 2.05) is 13.8 Å². The first-order valence-electron chi connectivity index (χ1n) is 4.39. The Morgan fingerprint density at radius 2 is 2.00 bits per heavy atom. The van der Waals surface area contributed by atoms with Crippen molar-refractivity contribution in [3.8, 4) is 0 Å². The molecule has 0 atom stereocenters. The van der Waals surface area contributed by atoms with Crippen LogP contribution in [-0.2, 0) is 10.1 Å². The van der Waals surface area contributed by atoms with Crippen molar-refractivity contribution >= 4 is 10.1 Å². The summed E-state index contributed by atoms with van der Waals surface area (Å²) in [5, 5.41) is 0. The highest BCUT2D eigenvalue weighted by Gasteiger charge is 2.07. The van der Waals surface area contributed by atoms with E-state index in [4.69, 9.17) is 4.55 Å². The van der Waals surface area contributed by atoms with Crippen molar-refractivity contribution in [1.82, 2.24) is 0 Å². The maximum absolute atomic E-state index is 10.7. The molecule has 0 aliphatic heterocycles. The van der Waals surface area contributed by atoms with Crippen LogP contribution in [0, 0.1) is 0 Å². The fourth-order valence-electron chi connectivity index (χ4n) is 0.961. The maximum atomic E-state index is 10.7. The van der Waals surface area contributed by atoms with Crippen molar-refractivity contribution in [2.45, 2.75) is 26.7 Å². The molecule has 0 bridgehead atoms. The number of allylic oxidation sites excluding steroid dienone is 4. The van der Waals surface area contributed by atoms with Gasteiger partial charge in [-0.15, -0.1) is 0 Å². The molecule has 0 aliphatic carbocycles. The lowest BCUT2D eigenvalue weighted by Crippen LogP contribution is -1.98. The van der Waals surface area contributed by atoms with Gasteiger partial charge in [0.15, 0.2) is 0 Å². The van der Waals surface area contributed by atoms with E-state index in [1.165, 1.54) is 6.08 Å². The third kappa shape index (κ3) is 4.99. The first kappa shape index (κ1) is 13.1. The fourth-order valence-corrected chi connectivity index (χ4v) is 1.41. The van der Waals surface area contributed by atoms with Gasteiger partial charge >= 0.3 is 0 Å². The Bertz CT molecular complexity index is 348. The predicted octanol–water partition coefficient (Wildman–Crippen LogP) is 2.69. The van der Waals surface area contributed by atoms with Crippen molar-refractivity contribution in [1.29, 1.82) is 0 Å². The van der Waals surface area contributed by atoms with Crippen LogP contribution in [0.3, 0.4) is 0 Å². The standard InChI is InChI=1S/C10H16O3S/c1-4-6-9(3)7-8-10(5-2)14(11,12)13/h5,7-8H,2,4,6H2,1,3H3,(H,11,12,13)/b9-7+,10-8+. The molecule has 0 saturated heterocycles. The van der Waals surface area contributed by atoms with Crippen LogP contribution >= 0.6 is 0 Å². The second-order valence-corrected chi connectivity index (χ2v) is 4.43. The highest BCUT2D eigenvalue weighted by molar-refractivity contribution is 7.90. The van der Waals surface area contributed by atoms with Gasteiger partial charge in [0.05, 0.1) is 4.91 Å². The lowest BCUT2D eigenvalue weighted by Gasteiger charge is -1.96. The molecule has 4 heteroatoms. The Balaban J connectivity index is 4.81. The molecular weight excluding hydrogens is 200 g/mol. The number of hydrogen-bond donors (Lipinski definition) is 1. The van der Waals surface area contributed by atoms with E-state index < -0.39 is 10.1 Å². The molecule has 0 aromatic heterocycles. The SMILES string of the molecule is C=C/C(=C\C=C(/C)CCC)S(=O)(=O)O. The first-order chi connectivity index (χ1) is 6.41. The van der Waals surface area contributed by atoms with Gasteiger partial charge in [0.25, 0.3) is 10.1 Å². The minimum Gasteiger partial charge on any atom is -0.282 e. The lowest BCUT2D eigenvalue weighted by molar-refractivity contribution is 0.492. The highest BCUT2D eigenvalue weighted by Crippen LogP contribution is 2.08. The molecule has 0 aromatic rings. The van der Waals surface area contributed by atoms with Gasteiger partial charge in [-0.3, -0.25) is 4.55 Å². The van der Waals surface area contributed by atoms with E-state index in [2.05, 4.69) is 6.58 Å². The van der Waals surface area contributed by atoms with Crippen molar-refractivity contribution in [3.63, 3.8) is 0 Å². The summed E-state index contributed by atoms with van der Waals surface area (Å²) < 4.78 is 30.2. The van der Waals surface area contributed by atoms with Crippen molar-refractivity contribution in [3.05, 3.63) is 35.3 Å². The molecule has 0 unspecified atom stereocenters. The zero-order valence-electron chi connectivity index (χ0n) is 8.53. The van der Waals surface area contributed by atoms with E-state index >= 15 is 0 Å². The average molecular weight is 216 g/mol. The fraction of sp³-hybridized carbons (Fsp3) is 0.400. The van der Waals surface area contributed by atoms with Crippen LogP contribution < -0.4 is 0 Å². The van der Waals surface area contributed by atoms with Crippen molar-refractivity contribution < 1.29 is 13.0 Å². The van der Waals surface area contributed by atoms with Gasteiger partial charge in [-0.05, 0) is 25.5 Å². The summed E-state index contributed by atoms with van der Waals surface area (Å²) in [6, 6.07) is 0. The van der Waals surface area contributed by atoms with Crippen LogP contribution in [0.15, 0.2) is 35.3 Å². The molecular formula is C10H16O3S. The largest absolute Gasteiger partial charge is 0.294 e.